The Balaban J connectivity index is 2.91. The molecule has 0 aliphatic heterocycles. The summed E-state index contributed by atoms with van der Waals surface area (Å²) in [7, 11) is 0. The van der Waals surface area contributed by atoms with Crippen LogP contribution in [0.15, 0.2) is 18.2 Å². The minimum Gasteiger partial charge on any atom is -0.490 e. The van der Waals surface area contributed by atoms with Crippen molar-refractivity contribution in [3.63, 3.8) is 0 Å². The third-order valence-corrected chi connectivity index (χ3v) is 3.92. The quantitative estimate of drug-likeness (QED) is 0.625. The summed E-state index contributed by atoms with van der Waals surface area (Å²) in [5.41, 5.74) is 0.0961. The first-order valence-electron chi connectivity index (χ1n) is 9.02. The zero-order valence-corrected chi connectivity index (χ0v) is 16.0. The minimum absolute atomic E-state index is 0.0210. The predicted molar refractivity (Wildman–Crippen MR) is 99.7 cm³/mol. The van der Waals surface area contributed by atoms with E-state index in [1.165, 1.54) is 0 Å². The normalized spacial score (nSPS) is 13.2. The lowest BCUT2D eigenvalue weighted by atomic mass is 9.96. The highest BCUT2D eigenvalue weighted by molar-refractivity contribution is 5.97. The summed E-state index contributed by atoms with van der Waals surface area (Å²) >= 11 is 0. The zero-order valence-electron chi connectivity index (χ0n) is 16.0. The summed E-state index contributed by atoms with van der Waals surface area (Å²) in [5.74, 6) is 0.331. The van der Waals surface area contributed by atoms with Crippen molar-refractivity contribution in [1.29, 1.82) is 5.26 Å². The average Bonchev–Trinajstić information content (AvgIpc) is 2.56. The number of benzene rings is 1. The third-order valence-electron chi connectivity index (χ3n) is 3.92. The van der Waals surface area contributed by atoms with Crippen LogP contribution in [0.3, 0.4) is 0 Å². The van der Waals surface area contributed by atoms with Crippen molar-refractivity contribution in [1.82, 2.24) is 0 Å². The standard InChI is InChI=1S/C20H30N2O3/c1-6-8-9-12-20(5,24-7-2)19(23)22-17-10-11-18(25-15(3)4)16(13-17)14-21/h10-11,13,15H,6-9,12H2,1-5H3,(H,22,23). The number of ether oxygens (including phenoxy) is 2. The third kappa shape index (κ3) is 6.39. The molecule has 1 atom stereocenters. The van der Waals surface area contributed by atoms with Crippen LogP contribution in [-0.2, 0) is 9.53 Å². The van der Waals surface area contributed by atoms with Crippen LogP contribution in [-0.4, -0.2) is 24.2 Å². The Hall–Kier alpha value is -2.06. The van der Waals surface area contributed by atoms with Crippen LogP contribution in [0.1, 0.15) is 65.9 Å². The van der Waals surface area contributed by atoms with E-state index in [0.717, 1.165) is 19.3 Å². The lowest BCUT2D eigenvalue weighted by molar-refractivity contribution is -0.139. The van der Waals surface area contributed by atoms with Crippen LogP contribution in [0.25, 0.3) is 0 Å². The fourth-order valence-electron chi connectivity index (χ4n) is 2.60. The number of anilines is 1. The van der Waals surface area contributed by atoms with E-state index >= 15 is 0 Å². The fraction of sp³-hybridized carbons (Fsp3) is 0.600. The summed E-state index contributed by atoms with van der Waals surface area (Å²) < 4.78 is 11.3. The van der Waals surface area contributed by atoms with E-state index in [9.17, 15) is 10.1 Å². The Labute approximate surface area is 151 Å². The summed E-state index contributed by atoms with van der Waals surface area (Å²) in [6.07, 6.45) is 3.74. The Morgan fingerprint density at radius 2 is 2.04 bits per heavy atom. The lowest BCUT2D eigenvalue weighted by Gasteiger charge is -2.28. The summed E-state index contributed by atoms with van der Waals surface area (Å²) in [5, 5.41) is 12.2. The van der Waals surface area contributed by atoms with Gasteiger partial charge in [0.2, 0.25) is 0 Å². The zero-order chi connectivity index (χ0) is 18.9. The maximum Gasteiger partial charge on any atom is 0.256 e. The van der Waals surface area contributed by atoms with Crippen molar-refractivity contribution < 1.29 is 14.3 Å². The van der Waals surface area contributed by atoms with Gasteiger partial charge in [0.25, 0.3) is 5.91 Å². The highest BCUT2D eigenvalue weighted by Gasteiger charge is 2.33. The summed E-state index contributed by atoms with van der Waals surface area (Å²) in [6, 6.07) is 7.20. The number of carbonyl (C=O) groups is 1. The molecule has 0 heterocycles. The fourth-order valence-corrected chi connectivity index (χ4v) is 2.60. The molecule has 25 heavy (non-hydrogen) atoms. The molecule has 1 aromatic rings. The molecule has 1 amide bonds. The van der Waals surface area contributed by atoms with Gasteiger partial charge in [-0.25, -0.2) is 0 Å². The Morgan fingerprint density at radius 1 is 1.32 bits per heavy atom. The van der Waals surface area contributed by atoms with Gasteiger partial charge in [0, 0.05) is 12.3 Å². The molecule has 0 fully saturated rings. The van der Waals surface area contributed by atoms with Crippen molar-refractivity contribution in [3.05, 3.63) is 23.8 Å². The number of amides is 1. The first-order valence-corrected chi connectivity index (χ1v) is 9.02. The Bertz CT molecular complexity index is 607. The van der Waals surface area contributed by atoms with Crippen LogP contribution in [0, 0.1) is 11.3 Å². The van der Waals surface area contributed by atoms with E-state index in [4.69, 9.17) is 9.47 Å². The molecule has 0 saturated carbocycles. The molecule has 0 radical (unpaired) electrons. The summed E-state index contributed by atoms with van der Waals surface area (Å²) in [6.45, 7) is 10.1. The molecule has 5 nitrogen and oxygen atoms in total. The Morgan fingerprint density at radius 3 is 2.60 bits per heavy atom. The van der Waals surface area contributed by atoms with Crippen molar-refractivity contribution in [3.8, 4) is 11.8 Å². The molecule has 0 bridgehead atoms. The van der Waals surface area contributed by atoms with Gasteiger partial charge in [0.05, 0.1) is 11.7 Å². The van der Waals surface area contributed by atoms with Crippen molar-refractivity contribution >= 4 is 11.6 Å². The summed E-state index contributed by atoms with van der Waals surface area (Å²) in [4.78, 5) is 12.7. The SMILES string of the molecule is CCCCCC(C)(OCC)C(=O)Nc1ccc(OC(C)C)c(C#N)c1. The van der Waals surface area contributed by atoms with E-state index in [0.29, 0.717) is 30.0 Å². The number of nitrogens with one attached hydrogen (secondary N) is 1. The van der Waals surface area contributed by atoms with Gasteiger partial charge in [-0.2, -0.15) is 5.26 Å². The van der Waals surface area contributed by atoms with Gasteiger partial charge < -0.3 is 14.8 Å². The molecule has 138 valence electrons. The molecule has 5 heteroatoms. The molecule has 1 N–H and O–H groups in total. The molecule has 0 aromatic heterocycles. The minimum atomic E-state index is -0.871. The predicted octanol–water partition coefficient (Wildman–Crippen LogP) is 4.66. The second-order valence-corrected chi connectivity index (χ2v) is 6.56. The number of hydrogen-bond acceptors (Lipinski definition) is 4. The first kappa shape index (κ1) is 21.0. The van der Waals surface area contributed by atoms with Gasteiger partial charge in [-0.05, 0) is 52.3 Å². The monoisotopic (exact) mass is 346 g/mol. The van der Waals surface area contributed by atoms with Gasteiger partial charge in [0.15, 0.2) is 0 Å². The van der Waals surface area contributed by atoms with Crippen LogP contribution >= 0.6 is 0 Å². The molecule has 1 rings (SSSR count). The second-order valence-electron chi connectivity index (χ2n) is 6.56. The lowest BCUT2D eigenvalue weighted by Crippen LogP contribution is -2.42. The number of rotatable bonds is 10. The average molecular weight is 346 g/mol. The van der Waals surface area contributed by atoms with Crippen LogP contribution in [0.5, 0.6) is 5.75 Å². The molecular formula is C20H30N2O3. The number of carbonyl (C=O) groups excluding carboxylic acids is 1. The molecule has 0 saturated heterocycles. The van der Waals surface area contributed by atoms with Gasteiger partial charge in [-0.3, -0.25) is 4.79 Å². The van der Waals surface area contributed by atoms with Gasteiger partial charge in [-0.15, -0.1) is 0 Å². The topological polar surface area (TPSA) is 71.3 Å². The van der Waals surface area contributed by atoms with Gasteiger partial charge in [-0.1, -0.05) is 26.2 Å². The van der Waals surface area contributed by atoms with Crippen molar-refractivity contribution in [2.75, 3.05) is 11.9 Å². The van der Waals surface area contributed by atoms with Crippen LogP contribution in [0.2, 0.25) is 0 Å². The molecule has 1 aromatic carbocycles. The van der Waals surface area contributed by atoms with E-state index in [-0.39, 0.29) is 12.0 Å². The molecule has 1 unspecified atom stereocenters. The molecule has 0 spiro atoms. The Kier molecular flexibility index (Phi) is 8.44. The first-order chi connectivity index (χ1) is 11.9. The number of hydrogen-bond donors (Lipinski definition) is 1. The van der Waals surface area contributed by atoms with E-state index < -0.39 is 5.60 Å². The molecule has 0 aliphatic carbocycles. The van der Waals surface area contributed by atoms with E-state index in [1.807, 2.05) is 27.7 Å². The maximum absolute atomic E-state index is 12.7. The maximum atomic E-state index is 12.7. The van der Waals surface area contributed by atoms with Crippen LogP contribution < -0.4 is 10.1 Å². The highest BCUT2D eigenvalue weighted by atomic mass is 16.5. The van der Waals surface area contributed by atoms with E-state index in [2.05, 4.69) is 18.3 Å². The highest BCUT2D eigenvalue weighted by Crippen LogP contribution is 2.26. The smallest absolute Gasteiger partial charge is 0.256 e. The van der Waals surface area contributed by atoms with Gasteiger partial charge in [0.1, 0.15) is 17.4 Å². The number of nitrogens with zero attached hydrogens (tertiary/aromatic N) is 1. The van der Waals surface area contributed by atoms with Crippen LogP contribution in [0.4, 0.5) is 5.69 Å². The van der Waals surface area contributed by atoms with E-state index in [1.54, 1.807) is 18.2 Å². The van der Waals surface area contributed by atoms with Crippen molar-refractivity contribution in [2.24, 2.45) is 0 Å². The van der Waals surface area contributed by atoms with Gasteiger partial charge >= 0.3 is 0 Å². The number of nitriles is 1. The van der Waals surface area contributed by atoms with Crippen molar-refractivity contribution in [2.45, 2.75) is 72.0 Å². The second kappa shape index (κ2) is 10.0. The largest absolute Gasteiger partial charge is 0.490 e. The molecule has 0 aliphatic rings. The molecular weight excluding hydrogens is 316 g/mol. The number of unbranched alkanes of at least 4 members (excludes halogenated alkanes) is 2.